The molecule has 2 N–H and O–H groups in total. The Morgan fingerprint density at radius 3 is 2.71 bits per heavy atom. The molecule has 0 aromatic heterocycles. The Morgan fingerprint density at radius 1 is 1.41 bits per heavy atom. The van der Waals surface area contributed by atoms with E-state index in [1.165, 1.54) is 0 Å². The predicted molar refractivity (Wildman–Crippen MR) is 68.2 cm³/mol. The van der Waals surface area contributed by atoms with E-state index in [0.717, 1.165) is 5.56 Å². The van der Waals surface area contributed by atoms with Crippen LogP contribution < -0.4 is 4.72 Å². The van der Waals surface area contributed by atoms with Gasteiger partial charge in [-0.3, -0.25) is 4.72 Å². The van der Waals surface area contributed by atoms with Crippen LogP contribution in [0.3, 0.4) is 0 Å². The second kappa shape index (κ2) is 5.71. The van der Waals surface area contributed by atoms with E-state index in [0.29, 0.717) is 11.3 Å². The summed E-state index contributed by atoms with van der Waals surface area (Å²) in [5.41, 5.74) is 1.99. The SMILES string of the molecule is CCS(=O)(=O)Nc1ccc(C)cc1C#CCO. The first-order chi connectivity index (χ1) is 7.98. The normalized spacial score (nSPS) is 10.5. The molecule has 0 bridgehead atoms. The molecule has 0 unspecified atom stereocenters. The van der Waals surface area contributed by atoms with Gasteiger partial charge in [-0.15, -0.1) is 0 Å². The van der Waals surface area contributed by atoms with Crippen LogP contribution in [-0.2, 0) is 10.0 Å². The van der Waals surface area contributed by atoms with Crippen LogP contribution in [0.1, 0.15) is 18.1 Å². The van der Waals surface area contributed by atoms with E-state index in [4.69, 9.17) is 5.11 Å². The molecule has 1 aromatic rings. The highest BCUT2D eigenvalue weighted by Gasteiger charge is 2.09. The summed E-state index contributed by atoms with van der Waals surface area (Å²) in [6, 6.07) is 5.25. The number of anilines is 1. The second-order valence-electron chi connectivity index (χ2n) is 3.51. The van der Waals surface area contributed by atoms with E-state index < -0.39 is 10.0 Å². The predicted octanol–water partition coefficient (Wildman–Crippen LogP) is 1.10. The number of aliphatic hydroxyl groups excluding tert-OH is 1. The van der Waals surface area contributed by atoms with Gasteiger partial charge in [-0.2, -0.15) is 0 Å². The van der Waals surface area contributed by atoms with Gasteiger partial charge in [0.15, 0.2) is 0 Å². The number of hydrogen-bond acceptors (Lipinski definition) is 3. The first-order valence-corrected chi connectivity index (χ1v) is 6.84. The third kappa shape index (κ3) is 4.10. The molecule has 0 spiro atoms. The van der Waals surface area contributed by atoms with Crippen molar-refractivity contribution in [1.29, 1.82) is 0 Å². The summed E-state index contributed by atoms with van der Waals surface area (Å²) in [7, 11) is -3.31. The maximum Gasteiger partial charge on any atom is 0.232 e. The smallest absolute Gasteiger partial charge is 0.232 e. The molecule has 1 aromatic carbocycles. The van der Waals surface area contributed by atoms with Gasteiger partial charge >= 0.3 is 0 Å². The number of hydrogen-bond donors (Lipinski definition) is 2. The molecule has 17 heavy (non-hydrogen) atoms. The van der Waals surface area contributed by atoms with Crippen LogP contribution in [-0.4, -0.2) is 25.9 Å². The number of rotatable bonds is 3. The van der Waals surface area contributed by atoms with Crippen LogP contribution in [0.25, 0.3) is 0 Å². The average Bonchev–Trinajstić information content (AvgIpc) is 2.29. The number of aliphatic hydroxyl groups is 1. The molecule has 0 saturated heterocycles. The zero-order chi connectivity index (χ0) is 12.9. The van der Waals surface area contributed by atoms with E-state index >= 15 is 0 Å². The Kier molecular flexibility index (Phi) is 4.55. The van der Waals surface area contributed by atoms with Gasteiger partial charge in [0.05, 0.1) is 11.4 Å². The van der Waals surface area contributed by atoms with Gasteiger partial charge in [0, 0.05) is 5.56 Å². The van der Waals surface area contributed by atoms with E-state index in [-0.39, 0.29) is 12.4 Å². The maximum absolute atomic E-state index is 11.5. The van der Waals surface area contributed by atoms with E-state index in [2.05, 4.69) is 16.6 Å². The van der Waals surface area contributed by atoms with Gasteiger partial charge in [0.25, 0.3) is 0 Å². The topological polar surface area (TPSA) is 66.4 Å². The molecular weight excluding hydrogens is 238 g/mol. The van der Waals surface area contributed by atoms with Crippen LogP contribution >= 0.6 is 0 Å². The van der Waals surface area contributed by atoms with Crippen molar-refractivity contribution in [2.24, 2.45) is 0 Å². The molecule has 0 radical (unpaired) electrons. The summed E-state index contributed by atoms with van der Waals surface area (Å²) in [4.78, 5) is 0. The van der Waals surface area contributed by atoms with Crippen molar-refractivity contribution in [3.63, 3.8) is 0 Å². The molecule has 1 rings (SSSR count). The van der Waals surface area contributed by atoms with Crippen molar-refractivity contribution in [3.05, 3.63) is 29.3 Å². The van der Waals surface area contributed by atoms with Crippen LogP contribution in [0.5, 0.6) is 0 Å². The Balaban J connectivity index is 3.15. The quantitative estimate of drug-likeness (QED) is 0.793. The number of aryl methyl sites for hydroxylation is 1. The molecule has 4 nitrogen and oxygen atoms in total. The molecular formula is C12H15NO3S. The highest BCUT2D eigenvalue weighted by atomic mass is 32.2. The Labute approximate surface area is 102 Å². The minimum atomic E-state index is -3.31. The maximum atomic E-state index is 11.5. The highest BCUT2D eigenvalue weighted by molar-refractivity contribution is 7.92. The molecule has 0 aliphatic heterocycles. The van der Waals surface area contributed by atoms with Gasteiger partial charge < -0.3 is 5.11 Å². The molecule has 92 valence electrons. The summed E-state index contributed by atoms with van der Waals surface area (Å²) < 4.78 is 25.4. The van der Waals surface area contributed by atoms with Crippen molar-refractivity contribution in [3.8, 4) is 11.8 Å². The molecule has 0 aliphatic carbocycles. The number of nitrogens with one attached hydrogen (secondary N) is 1. The Morgan fingerprint density at radius 2 is 2.12 bits per heavy atom. The lowest BCUT2D eigenvalue weighted by atomic mass is 10.1. The number of sulfonamides is 1. The van der Waals surface area contributed by atoms with E-state index in [9.17, 15) is 8.42 Å². The fourth-order valence-electron chi connectivity index (χ4n) is 1.22. The van der Waals surface area contributed by atoms with Crippen LogP contribution in [0, 0.1) is 18.8 Å². The lowest BCUT2D eigenvalue weighted by molar-refractivity contribution is 0.350. The van der Waals surface area contributed by atoms with Crippen molar-refractivity contribution in [2.45, 2.75) is 13.8 Å². The summed E-state index contributed by atoms with van der Waals surface area (Å²) in [6.45, 7) is 3.20. The largest absolute Gasteiger partial charge is 0.384 e. The monoisotopic (exact) mass is 253 g/mol. The van der Waals surface area contributed by atoms with Crippen molar-refractivity contribution in [1.82, 2.24) is 0 Å². The third-order valence-corrected chi connectivity index (χ3v) is 3.41. The van der Waals surface area contributed by atoms with E-state index in [1.807, 2.05) is 6.92 Å². The first-order valence-electron chi connectivity index (χ1n) is 5.19. The lowest BCUT2D eigenvalue weighted by Crippen LogP contribution is -2.15. The van der Waals surface area contributed by atoms with Crippen molar-refractivity contribution in [2.75, 3.05) is 17.1 Å². The van der Waals surface area contributed by atoms with Crippen molar-refractivity contribution < 1.29 is 13.5 Å². The van der Waals surface area contributed by atoms with Gasteiger partial charge in [-0.25, -0.2) is 8.42 Å². The minimum Gasteiger partial charge on any atom is -0.384 e. The lowest BCUT2D eigenvalue weighted by Gasteiger charge is -2.08. The van der Waals surface area contributed by atoms with Gasteiger partial charge in [0.2, 0.25) is 10.0 Å². The van der Waals surface area contributed by atoms with Gasteiger partial charge in [-0.1, -0.05) is 17.9 Å². The number of benzene rings is 1. The molecule has 5 heteroatoms. The first kappa shape index (κ1) is 13.6. The van der Waals surface area contributed by atoms with Crippen LogP contribution in [0.2, 0.25) is 0 Å². The third-order valence-electron chi connectivity index (χ3n) is 2.12. The molecule has 0 aliphatic rings. The second-order valence-corrected chi connectivity index (χ2v) is 5.53. The molecule has 0 amide bonds. The van der Waals surface area contributed by atoms with Crippen LogP contribution in [0.15, 0.2) is 18.2 Å². The molecule has 0 atom stereocenters. The summed E-state index contributed by atoms with van der Waals surface area (Å²) >= 11 is 0. The van der Waals surface area contributed by atoms with Gasteiger partial charge in [-0.05, 0) is 31.5 Å². The fraction of sp³-hybridized carbons (Fsp3) is 0.333. The summed E-state index contributed by atoms with van der Waals surface area (Å²) in [5.74, 6) is 5.24. The summed E-state index contributed by atoms with van der Waals surface area (Å²) in [6.07, 6.45) is 0. The zero-order valence-electron chi connectivity index (χ0n) is 9.82. The fourth-order valence-corrected chi connectivity index (χ4v) is 1.88. The Bertz CT molecular complexity index is 553. The Hall–Kier alpha value is -1.51. The van der Waals surface area contributed by atoms with Gasteiger partial charge in [0.1, 0.15) is 6.61 Å². The standard InChI is InChI=1S/C12H15NO3S/c1-3-17(15,16)13-12-7-6-10(2)9-11(12)5-4-8-14/h6-7,9,13-14H,3,8H2,1-2H3. The van der Waals surface area contributed by atoms with Crippen LogP contribution in [0.4, 0.5) is 5.69 Å². The highest BCUT2D eigenvalue weighted by Crippen LogP contribution is 2.17. The average molecular weight is 253 g/mol. The summed E-state index contributed by atoms with van der Waals surface area (Å²) in [5, 5.41) is 8.65. The molecule has 0 fully saturated rings. The zero-order valence-corrected chi connectivity index (χ0v) is 10.6. The van der Waals surface area contributed by atoms with Crippen molar-refractivity contribution >= 4 is 15.7 Å². The molecule has 0 heterocycles. The van der Waals surface area contributed by atoms with E-state index in [1.54, 1.807) is 25.1 Å². The molecule has 0 saturated carbocycles. The minimum absolute atomic E-state index is 0.00768.